The van der Waals surface area contributed by atoms with E-state index in [1.165, 1.54) is 10.8 Å². The zero-order chi connectivity index (χ0) is 15.7. The Morgan fingerprint density at radius 1 is 1.14 bits per heavy atom. The second-order valence-electron chi connectivity index (χ2n) is 4.67. The molecule has 116 valence electrons. The maximum Gasteiger partial charge on any atom is 0.219 e. The molecule has 4 heteroatoms. The van der Waals surface area contributed by atoms with E-state index in [4.69, 9.17) is 5.73 Å². The third kappa shape index (κ3) is 6.08. The van der Waals surface area contributed by atoms with Gasteiger partial charge in [0, 0.05) is 22.7 Å². The molecular formula is C17H26N2O2. The van der Waals surface area contributed by atoms with Crippen LogP contribution in [0.3, 0.4) is 0 Å². The number of hydrogen-bond donors (Lipinski definition) is 2. The molecule has 0 aliphatic rings. The Hall–Kier alpha value is -2.36. The SMILES string of the molecule is CCC(=O)NC.NC(=O)CCc1ccc2ccccc2c1.[HH].[HH]. The predicted octanol–water partition coefficient (Wildman–Crippen LogP) is 2.89. The van der Waals surface area contributed by atoms with Crippen molar-refractivity contribution in [1.29, 1.82) is 0 Å². The highest BCUT2D eigenvalue weighted by Crippen LogP contribution is 2.16. The number of primary amides is 1. The van der Waals surface area contributed by atoms with E-state index in [0.29, 0.717) is 12.8 Å². The van der Waals surface area contributed by atoms with Crippen molar-refractivity contribution in [1.82, 2.24) is 5.32 Å². The van der Waals surface area contributed by atoms with Crippen molar-refractivity contribution in [3.63, 3.8) is 0 Å². The van der Waals surface area contributed by atoms with Crippen LogP contribution in [0.4, 0.5) is 0 Å². The third-order valence-corrected chi connectivity index (χ3v) is 3.07. The molecule has 0 saturated heterocycles. The fourth-order valence-electron chi connectivity index (χ4n) is 1.84. The van der Waals surface area contributed by atoms with Crippen LogP contribution in [0.25, 0.3) is 10.8 Å². The first kappa shape index (κ1) is 16.7. The van der Waals surface area contributed by atoms with Crippen molar-refractivity contribution in [3.05, 3.63) is 48.0 Å². The summed E-state index contributed by atoms with van der Waals surface area (Å²) in [5.74, 6) is -0.154. The fourth-order valence-corrected chi connectivity index (χ4v) is 1.84. The minimum Gasteiger partial charge on any atom is -0.370 e. The molecule has 0 unspecified atom stereocenters. The molecule has 3 N–H and O–H groups in total. The molecule has 2 amide bonds. The summed E-state index contributed by atoms with van der Waals surface area (Å²) in [4.78, 5) is 20.7. The number of aryl methyl sites for hydroxylation is 1. The molecule has 0 spiro atoms. The molecule has 0 heterocycles. The van der Waals surface area contributed by atoms with E-state index >= 15 is 0 Å². The van der Waals surface area contributed by atoms with Gasteiger partial charge in [0.2, 0.25) is 11.8 Å². The summed E-state index contributed by atoms with van der Waals surface area (Å²) < 4.78 is 0. The maximum atomic E-state index is 10.7. The Balaban J connectivity index is 0. The number of carbonyl (C=O) groups is 2. The van der Waals surface area contributed by atoms with E-state index in [-0.39, 0.29) is 14.7 Å². The van der Waals surface area contributed by atoms with Gasteiger partial charge < -0.3 is 11.1 Å². The van der Waals surface area contributed by atoms with Gasteiger partial charge in [-0.25, -0.2) is 0 Å². The fraction of sp³-hybridized carbons (Fsp3) is 0.294. The van der Waals surface area contributed by atoms with Crippen molar-refractivity contribution in [2.75, 3.05) is 7.05 Å². The van der Waals surface area contributed by atoms with Crippen LogP contribution in [0, 0.1) is 0 Å². The lowest BCUT2D eigenvalue weighted by atomic mass is 10.0. The molecule has 0 aliphatic carbocycles. The first-order chi connectivity index (χ1) is 10.1. The standard InChI is InChI=1S/C13H13NO.C4H9NO.2H2/c14-13(15)8-6-10-5-7-11-3-1-2-4-12(11)9-10;1-3-4(6)5-2;;/h1-5,7,9H,6,8H2,(H2,14,15);3H2,1-2H3,(H,5,6);2*1H. The first-order valence-corrected chi connectivity index (χ1v) is 7.03. The maximum absolute atomic E-state index is 10.7. The molecule has 2 aromatic rings. The molecule has 4 nitrogen and oxygen atoms in total. The van der Waals surface area contributed by atoms with E-state index in [9.17, 15) is 9.59 Å². The van der Waals surface area contributed by atoms with Crippen LogP contribution >= 0.6 is 0 Å². The molecule has 0 atom stereocenters. The van der Waals surface area contributed by atoms with E-state index in [1.54, 1.807) is 7.05 Å². The summed E-state index contributed by atoms with van der Waals surface area (Å²) in [6.07, 6.45) is 1.72. The summed E-state index contributed by atoms with van der Waals surface area (Å²) in [5, 5.41) is 4.91. The van der Waals surface area contributed by atoms with Crippen LogP contribution in [0.1, 0.15) is 28.2 Å². The summed E-state index contributed by atoms with van der Waals surface area (Å²) in [7, 11) is 1.63. The van der Waals surface area contributed by atoms with Crippen LogP contribution in [0.5, 0.6) is 0 Å². The lowest BCUT2D eigenvalue weighted by molar-refractivity contribution is -0.120. The minimum atomic E-state index is -0.247. The highest BCUT2D eigenvalue weighted by atomic mass is 16.1. The molecule has 2 rings (SSSR count). The zero-order valence-electron chi connectivity index (χ0n) is 12.6. The Kier molecular flexibility index (Phi) is 6.95. The normalized spacial score (nSPS) is 9.62. The smallest absolute Gasteiger partial charge is 0.219 e. The molecule has 21 heavy (non-hydrogen) atoms. The van der Waals surface area contributed by atoms with E-state index in [1.807, 2.05) is 25.1 Å². The Bertz CT molecular complexity index is 612. The zero-order valence-corrected chi connectivity index (χ0v) is 12.6. The van der Waals surface area contributed by atoms with Gasteiger partial charge in [0.1, 0.15) is 0 Å². The van der Waals surface area contributed by atoms with Gasteiger partial charge in [-0.1, -0.05) is 49.4 Å². The number of rotatable bonds is 4. The minimum absolute atomic E-state index is 0. The number of fused-ring (bicyclic) bond motifs is 1. The van der Waals surface area contributed by atoms with Gasteiger partial charge in [0.25, 0.3) is 0 Å². The number of amides is 2. The largest absolute Gasteiger partial charge is 0.370 e. The van der Waals surface area contributed by atoms with E-state index in [2.05, 4.69) is 29.6 Å². The van der Waals surface area contributed by atoms with Crippen LogP contribution < -0.4 is 11.1 Å². The monoisotopic (exact) mass is 290 g/mol. The summed E-state index contributed by atoms with van der Waals surface area (Å²) in [5.41, 5.74) is 6.27. The molecule has 2 aromatic carbocycles. The van der Waals surface area contributed by atoms with Crippen molar-refractivity contribution in [2.24, 2.45) is 5.73 Å². The highest BCUT2D eigenvalue weighted by molar-refractivity contribution is 5.83. The highest BCUT2D eigenvalue weighted by Gasteiger charge is 1.98. The van der Waals surface area contributed by atoms with Crippen molar-refractivity contribution < 1.29 is 12.4 Å². The molecule has 0 bridgehead atoms. The Morgan fingerprint density at radius 2 is 1.81 bits per heavy atom. The van der Waals surface area contributed by atoms with Crippen LogP contribution in [-0.4, -0.2) is 18.9 Å². The van der Waals surface area contributed by atoms with Gasteiger partial charge >= 0.3 is 0 Å². The van der Waals surface area contributed by atoms with Crippen molar-refractivity contribution >= 4 is 22.6 Å². The van der Waals surface area contributed by atoms with Crippen LogP contribution in [-0.2, 0) is 16.0 Å². The lowest BCUT2D eigenvalue weighted by Crippen LogP contribution is -2.15. The molecule has 0 aliphatic heterocycles. The van der Waals surface area contributed by atoms with Crippen molar-refractivity contribution in [3.8, 4) is 0 Å². The molecule has 0 saturated carbocycles. The van der Waals surface area contributed by atoms with E-state index < -0.39 is 0 Å². The quantitative estimate of drug-likeness (QED) is 0.908. The average Bonchev–Trinajstić information content (AvgIpc) is 2.52. The third-order valence-electron chi connectivity index (χ3n) is 3.07. The van der Waals surface area contributed by atoms with Gasteiger partial charge in [0.05, 0.1) is 0 Å². The number of nitrogens with one attached hydrogen (secondary N) is 1. The number of benzene rings is 2. The van der Waals surface area contributed by atoms with Crippen LogP contribution in [0.2, 0.25) is 0 Å². The van der Waals surface area contributed by atoms with Crippen LogP contribution in [0.15, 0.2) is 42.5 Å². The molecule has 0 aromatic heterocycles. The molecule has 0 fully saturated rings. The topological polar surface area (TPSA) is 72.2 Å². The number of hydrogen-bond acceptors (Lipinski definition) is 2. The average molecular weight is 290 g/mol. The summed E-state index contributed by atoms with van der Waals surface area (Å²) in [6, 6.07) is 14.4. The second-order valence-corrected chi connectivity index (χ2v) is 4.67. The second kappa shape index (κ2) is 8.74. The Labute approximate surface area is 128 Å². The molecule has 0 radical (unpaired) electrons. The first-order valence-electron chi connectivity index (χ1n) is 7.03. The van der Waals surface area contributed by atoms with Gasteiger partial charge in [-0.3, -0.25) is 9.59 Å². The summed E-state index contributed by atoms with van der Waals surface area (Å²) >= 11 is 0. The van der Waals surface area contributed by atoms with Crippen molar-refractivity contribution in [2.45, 2.75) is 26.2 Å². The van der Waals surface area contributed by atoms with Gasteiger partial charge in [-0.05, 0) is 22.8 Å². The number of nitrogens with two attached hydrogens (primary N) is 1. The van der Waals surface area contributed by atoms with Gasteiger partial charge in [-0.15, -0.1) is 0 Å². The Morgan fingerprint density at radius 3 is 2.33 bits per heavy atom. The van der Waals surface area contributed by atoms with Gasteiger partial charge in [-0.2, -0.15) is 0 Å². The lowest BCUT2D eigenvalue weighted by Gasteiger charge is -2.02. The summed E-state index contributed by atoms with van der Waals surface area (Å²) in [6.45, 7) is 1.82. The predicted molar refractivity (Wildman–Crippen MR) is 90.0 cm³/mol. The number of carbonyl (C=O) groups excluding carboxylic acids is 2. The van der Waals surface area contributed by atoms with Gasteiger partial charge in [0.15, 0.2) is 0 Å². The van der Waals surface area contributed by atoms with E-state index in [0.717, 1.165) is 12.0 Å². The molecular weight excluding hydrogens is 264 g/mol.